The van der Waals surface area contributed by atoms with Gasteiger partial charge in [0, 0.05) is 66.5 Å². The molecule has 22 aromatic rings. The molecule has 0 bridgehead atoms. The fourth-order valence-electron chi connectivity index (χ4n) is 16.6. The Balaban J connectivity index is 0.000000172. The van der Waals surface area contributed by atoms with E-state index in [1.807, 2.05) is 241 Å². The Hall–Kier alpha value is -16.4. The molecular formula is C120H84N4. The Morgan fingerprint density at radius 1 is 0.161 bits per heavy atom. The summed E-state index contributed by atoms with van der Waals surface area (Å²) in [6.45, 7) is 0. The molecule has 584 valence electrons. The molecule has 0 aliphatic rings. The summed E-state index contributed by atoms with van der Waals surface area (Å²) in [6, 6.07) is 115. The maximum absolute atomic E-state index is 9.86. The van der Waals surface area contributed by atoms with E-state index in [2.05, 4.69) is 124 Å². The van der Waals surface area contributed by atoms with E-state index < -0.39 is 119 Å². The van der Waals surface area contributed by atoms with Gasteiger partial charge in [-0.15, -0.1) is 0 Å². The molecule has 0 amide bonds. The molecule has 0 unspecified atom stereocenters. The zero-order chi connectivity index (χ0) is 99.9. The molecule has 2 heterocycles. The monoisotopic (exact) mass is 1600 g/mol. The average molecular weight is 1600 g/mol. The molecule has 0 fully saturated rings. The third-order valence-corrected chi connectivity index (χ3v) is 22.6. The Bertz CT molecular complexity index is 8740. The quantitative estimate of drug-likeness (QED) is 0.0851. The molecule has 22 rings (SSSR count). The van der Waals surface area contributed by atoms with Gasteiger partial charge in [-0.25, -0.2) is 0 Å². The lowest BCUT2D eigenvalue weighted by Crippen LogP contribution is -2.11. The molecule has 0 radical (unpaired) electrons. The molecule has 0 N–H and O–H groups in total. The molecule has 0 atom stereocenters. The van der Waals surface area contributed by atoms with Gasteiger partial charge in [0.05, 0.1) is 72.2 Å². The van der Waals surface area contributed by atoms with Crippen LogP contribution in [0.3, 0.4) is 0 Å². The van der Waals surface area contributed by atoms with Crippen LogP contribution in [0.4, 0.5) is 34.1 Å². The van der Waals surface area contributed by atoms with Crippen LogP contribution in [0.1, 0.15) is 27.4 Å². The Labute approximate surface area is 752 Å². The standard InChI is InChI=1S/2C60H42N2/c2*1-4-16-43(17-5-1)45-28-30-49(31-29-45)54-23-10-13-25-57(54)61(51-37-32-46(33-38-51)44-18-6-2-7-19-44)52-39-34-47(35-40-52)50-36-41-60-56(42-50)55-24-12-15-27-59(55)62(60)58-26-14-11-22-53(58)48-20-8-3-9-21-48/h2*1-42H/i1D,4D,5D,10D,13D,16D,17D,25D,28D,29D,30D,31D,34D,35D,39D,40D;34D,35D,39D,40D. The van der Waals surface area contributed by atoms with Crippen LogP contribution < -0.4 is 9.80 Å². The summed E-state index contributed by atoms with van der Waals surface area (Å²) in [4.78, 5) is 3.10. The van der Waals surface area contributed by atoms with Gasteiger partial charge in [0.25, 0.3) is 0 Å². The number of aromatic nitrogens is 2. The number of fused-ring (bicyclic) bond motifs is 6. The van der Waals surface area contributed by atoms with Crippen molar-refractivity contribution in [3.05, 3.63) is 509 Å². The lowest BCUT2D eigenvalue weighted by molar-refractivity contribution is 1.18. The van der Waals surface area contributed by atoms with E-state index >= 15 is 0 Å². The molecule has 0 saturated carbocycles. The zero-order valence-corrected chi connectivity index (χ0v) is 66.7. The van der Waals surface area contributed by atoms with Crippen molar-refractivity contribution >= 4 is 77.7 Å². The summed E-state index contributed by atoms with van der Waals surface area (Å²) < 4.78 is 189. The normalized spacial score (nSPS) is 13.5. The second kappa shape index (κ2) is 33.8. The predicted molar refractivity (Wildman–Crippen MR) is 525 cm³/mol. The zero-order valence-electron chi connectivity index (χ0n) is 86.7. The second-order valence-corrected chi connectivity index (χ2v) is 29.9. The van der Waals surface area contributed by atoms with Crippen LogP contribution in [-0.2, 0) is 0 Å². The van der Waals surface area contributed by atoms with Crippen molar-refractivity contribution in [3.8, 4) is 123 Å². The largest absolute Gasteiger partial charge is 0.310 e. The van der Waals surface area contributed by atoms with Crippen molar-refractivity contribution in [2.24, 2.45) is 0 Å². The lowest BCUT2D eigenvalue weighted by Gasteiger charge is -2.28. The Morgan fingerprint density at radius 3 is 0.919 bits per heavy atom. The predicted octanol–water partition coefficient (Wildman–Crippen LogP) is 33.2. The molecule has 0 aliphatic carbocycles. The first kappa shape index (κ1) is 56.1. The highest BCUT2D eigenvalue weighted by Gasteiger charge is 2.24. The number of hydrogen-bond acceptors (Lipinski definition) is 2. The first-order valence-corrected chi connectivity index (χ1v) is 40.9. The van der Waals surface area contributed by atoms with Crippen molar-refractivity contribution in [1.29, 1.82) is 0 Å². The van der Waals surface area contributed by atoms with Gasteiger partial charge in [0.1, 0.15) is 0 Å². The smallest absolute Gasteiger partial charge is 0.0645 e. The number of benzene rings is 20. The van der Waals surface area contributed by atoms with Crippen LogP contribution >= 0.6 is 0 Å². The van der Waals surface area contributed by atoms with Gasteiger partial charge in [-0.1, -0.05) is 400 Å². The number of hydrogen-bond donors (Lipinski definition) is 0. The SMILES string of the molecule is [2H]c1c([2H])c(N(c2ccc(-c3ccccc3)cc2)c2ccccc2-c2ccc(-c3ccccc3)cc2)c([2H])c([2H])c1-c1ccc2c(c1)c1ccccc1n2-c1ccccc1-c1ccccc1.[2H]c1cc(-c2c([2H])c([2H])c(-c3c([2H])c([2H])c([2H])c([2H])c3[2H])c([2H])c2[2H])c(N(c2ccc(-c3ccccc3)cc2)c2c([2H])c([2H])c(-c3ccc4c(c3)c3ccccc3n4-c3ccccc3-c3ccccc3)c([2H])c2[2H])c([2H])c1[2H]. The maximum Gasteiger partial charge on any atom is 0.0645 e. The average Bonchev–Trinajstić information content (AvgIpc) is 1.54. The fourth-order valence-corrected chi connectivity index (χ4v) is 16.6. The molecule has 0 spiro atoms. The van der Waals surface area contributed by atoms with Crippen LogP contribution in [-0.4, -0.2) is 9.13 Å². The minimum absolute atomic E-state index is 0.0339. The molecule has 124 heavy (non-hydrogen) atoms. The van der Waals surface area contributed by atoms with Crippen molar-refractivity contribution in [3.63, 3.8) is 0 Å². The molecule has 20 aromatic carbocycles. The van der Waals surface area contributed by atoms with Crippen molar-refractivity contribution in [2.75, 3.05) is 9.80 Å². The van der Waals surface area contributed by atoms with Gasteiger partial charge in [0.2, 0.25) is 0 Å². The highest BCUT2D eigenvalue weighted by atomic mass is 15.2. The summed E-state index contributed by atoms with van der Waals surface area (Å²) >= 11 is 0. The van der Waals surface area contributed by atoms with Crippen LogP contribution in [0.15, 0.2) is 509 Å². The fraction of sp³-hybridized carbons (Fsp3) is 0. The van der Waals surface area contributed by atoms with Crippen LogP contribution in [0.25, 0.3) is 166 Å². The van der Waals surface area contributed by atoms with E-state index in [1.54, 1.807) is 30.3 Å². The lowest BCUT2D eigenvalue weighted by atomic mass is 9.98. The third kappa shape index (κ3) is 14.8. The highest BCUT2D eigenvalue weighted by molar-refractivity contribution is 6.13. The van der Waals surface area contributed by atoms with Crippen molar-refractivity contribution in [1.82, 2.24) is 9.13 Å². The van der Waals surface area contributed by atoms with Crippen LogP contribution in [0, 0.1) is 0 Å². The van der Waals surface area contributed by atoms with E-state index in [4.69, 9.17) is 9.60 Å². The Kier molecular flexibility index (Phi) is 15.3. The van der Waals surface area contributed by atoms with E-state index in [-0.39, 0.29) is 57.9 Å². The van der Waals surface area contributed by atoms with Crippen LogP contribution in [0.5, 0.6) is 0 Å². The van der Waals surface area contributed by atoms with Gasteiger partial charge < -0.3 is 18.9 Å². The van der Waals surface area contributed by atoms with Crippen molar-refractivity contribution < 1.29 is 27.4 Å². The van der Waals surface area contributed by atoms with E-state index in [9.17, 15) is 17.8 Å². The molecule has 4 heteroatoms. The number of nitrogens with zero attached hydrogens (tertiary/aromatic N) is 4. The molecule has 0 aliphatic heterocycles. The molecule has 2 aromatic heterocycles. The van der Waals surface area contributed by atoms with Gasteiger partial charge in [0.15, 0.2) is 0 Å². The van der Waals surface area contributed by atoms with Crippen LogP contribution in [0.2, 0.25) is 0 Å². The third-order valence-electron chi connectivity index (χ3n) is 22.6. The van der Waals surface area contributed by atoms with Gasteiger partial charge >= 0.3 is 0 Å². The molecule has 0 saturated heterocycles. The minimum atomic E-state index is -0.809. The van der Waals surface area contributed by atoms with Gasteiger partial charge in [-0.3, -0.25) is 0 Å². The number of para-hydroxylation sites is 6. The van der Waals surface area contributed by atoms with Crippen molar-refractivity contribution in [2.45, 2.75) is 0 Å². The van der Waals surface area contributed by atoms with Gasteiger partial charge in [-0.2, -0.15) is 0 Å². The molecule has 4 nitrogen and oxygen atoms in total. The summed E-state index contributed by atoms with van der Waals surface area (Å²) in [5.41, 5.74) is 17.9. The van der Waals surface area contributed by atoms with E-state index in [0.717, 1.165) is 134 Å². The summed E-state index contributed by atoms with van der Waals surface area (Å²) in [5, 5.41) is 3.65. The molecular weight excluding hydrogens is 1500 g/mol. The topological polar surface area (TPSA) is 16.3 Å². The number of anilines is 6. The highest BCUT2D eigenvalue weighted by Crippen LogP contribution is 2.47. The van der Waals surface area contributed by atoms with E-state index in [1.165, 1.54) is 4.90 Å². The van der Waals surface area contributed by atoms with E-state index in [0.29, 0.717) is 16.8 Å². The minimum Gasteiger partial charge on any atom is -0.310 e. The maximum atomic E-state index is 9.86. The first-order valence-electron chi connectivity index (χ1n) is 50.9. The summed E-state index contributed by atoms with van der Waals surface area (Å²) in [6.07, 6.45) is 0. The van der Waals surface area contributed by atoms with Gasteiger partial charge in [-0.05, 0) is 198 Å². The number of rotatable bonds is 18. The second-order valence-electron chi connectivity index (χ2n) is 29.9. The summed E-state index contributed by atoms with van der Waals surface area (Å²) in [5.74, 6) is 0. The summed E-state index contributed by atoms with van der Waals surface area (Å²) in [7, 11) is 0. The Morgan fingerprint density at radius 2 is 0.460 bits per heavy atom. The first-order chi connectivity index (χ1) is 69.9.